The van der Waals surface area contributed by atoms with Crippen LogP contribution < -0.4 is 10.1 Å². The molecule has 0 aliphatic carbocycles. The van der Waals surface area contributed by atoms with Crippen LogP contribution in [0, 0.1) is 0 Å². The van der Waals surface area contributed by atoms with Gasteiger partial charge in [0.15, 0.2) is 0 Å². The highest BCUT2D eigenvalue weighted by atomic mass is 35.5. The fourth-order valence-corrected chi connectivity index (χ4v) is 2.41. The van der Waals surface area contributed by atoms with Gasteiger partial charge in [-0.1, -0.05) is 17.7 Å². The van der Waals surface area contributed by atoms with E-state index in [1.54, 1.807) is 12.0 Å². The van der Waals surface area contributed by atoms with Crippen molar-refractivity contribution in [2.45, 2.75) is 52.8 Å². The van der Waals surface area contributed by atoms with Crippen molar-refractivity contribution >= 4 is 17.7 Å². The Morgan fingerprint density at radius 2 is 2.00 bits per heavy atom. The molecule has 0 bridgehead atoms. The molecule has 0 saturated heterocycles. The number of methoxy groups -OCH3 is 1. The number of hydrogen-bond acceptors (Lipinski definition) is 4. The first-order valence-corrected chi connectivity index (χ1v) is 8.54. The third kappa shape index (κ3) is 6.97. The first kappa shape index (κ1) is 20.6. The summed E-state index contributed by atoms with van der Waals surface area (Å²) in [5, 5.41) is 3.91. The average molecular weight is 357 g/mol. The van der Waals surface area contributed by atoms with Gasteiger partial charge >= 0.3 is 6.09 Å². The number of hydrogen-bond donors (Lipinski definition) is 1. The highest BCUT2D eigenvalue weighted by Crippen LogP contribution is 2.24. The standard InChI is InChI=1S/C18H29ClN2O3/c1-13(2)21(17(22)24-18(3,4)5)10-9-20-12-14-7-8-16(23-6)15(19)11-14/h7-8,11,13,20H,9-10,12H2,1-6H3. The van der Waals surface area contributed by atoms with Gasteiger partial charge in [-0.25, -0.2) is 4.79 Å². The molecular formula is C18H29ClN2O3. The summed E-state index contributed by atoms with van der Waals surface area (Å²) >= 11 is 6.12. The van der Waals surface area contributed by atoms with Gasteiger partial charge in [0.25, 0.3) is 0 Å². The number of benzene rings is 1. The zero-order valence-electron chi connectivity index (χ0n) is 15.5. The van der Waals surface area contributed by atoms with E-state index in [9.17, 15) is 4.79 Å². The lowest BCUT2D eigenvalue weighted by atomic mass is 10.2. The van der Waals surface area contributed by atoms with Gasteiger partial charge in [-0.3, -0.25) is 0 Å². The van der Waals surface area contributed by atoms with Crippen molar-refractivity contribution in [3.05, 3.63) is 28.8 Å². The van der Waals surface area contributed by atoms with Crippen LogP contribution in [0.1, 0.15) is 40.2 Å². The molecule has 0 unspecified atom stereocenters. The fraction of sp³-hybridized carbons (Fsp3) is 0.611. The van der Waals surface area contributed by atoms with Crippen molar-refractivity contribution in [1.29, 1.82) is 0 Å². The summed E-state index contributed by atoms with van der Waals surface area (Å²) in [6.07, 6.45) is -0.285. The lowest BCUT2D eigenvalue weighted by Crippen LogP contribution is -2.44. The zero-order chi connectivity index (χ0) is 18.3. The number of rotatable bonds is 7. The molecule has 1 amide bonds. The normalized spacial score (nSPS) is 11.5. The maximum Gasteiger partial charge on any atom is 0.410 e. The minimum absolute atomic E-state index is 0.0806. The average Bonchev–Trinajstić information content (AvgIpc) is 2.44. The lowest BCUT2D eigenvalue weighted by Gasteiger charge is -2.30. The number of carbonyl (C=O) groups excluding carboxylic acids is 1. The van der Waals surface area contributed by atoms with Gasteiger partial charge in [-0.15, -0.1) is 0 Å². The van der Waals surface area contributed by atoms with Crippen molar-refractivity contribution in [2.75, 3.05) is 20.2 Å². The SMILES string of the molecule is COc1ccc(CNCCN(C(=O)OC(C)(C)C)C(C)C)cc1Cl. The van der Waals surface area contributed by atoms with Crippen molar-refractivity contribution < 1.29 is 14.3 Å². The second-order valence-corrected chi connectivity index (χ2v) is 7.32. The van der Waals surface area contributed by atoms with Crippen LogP contribution >= 0.6 is 11.6 Å². The van der Waals surface area contributed by atoms with Crippen LogP contribution in [-0.4, -0.2) is 42.8 Å². The quantitative estimate of drug-likeness (QED) is 0.748. The van der Waals surface area contributed by atoms with Crippen LogP contribution in [0.25, 0.3) is 0 Å². The van der Waals surface area contributed by atoms with Crippen LogP contribution in [0.2, 0.25) is 5.02 Å². The molecule has 1 rings (SSSR count). The first-order valence-electron chi connectivity index (χ1n) is 8.17. The summed E-state index contributed by atoms with van der Waals surface area (Å²) in [6, 6.07) is 5.77. The summed E-state index contributed by atoms with van der Waals surface area (Å²) in [6.45, 7) is 11.5. The Morgan fingerprint density at radius 1 is 1.33 bits per heavy atom. The first-order chi connectivity index (χ1) is 11.1. The van der Waals surface area contributed by atoms with Crippen molar-refractivity contribution in [1.82, 2.24) is 10.2 Å². The zero-order valence-corrected chi connectivity index (χ0v) is 16.2. The smallest absolute Gasteiger partial charge is 0.410 e. The highest BCUT2D eigenvalue weighted by molar-refractivity contribution is 6.32. The van der Waals surface area contributed by atoms with E-state index in [0.29, 0.717) is 30.4 Å². The molecule has 0 aliphatic heterocycles. The van der Waals surface area contributed by atoms with Gasteiger partial charge in [-0.2, -0.15) is 0 Å². The van der Waals surface area contributed by atoms with E-state index in [4.69, 9.17) is 21.1 Å². The lowest BCUT2D eigenvalue weighted by molar-refractivity contribution is 0.0193. The number of halogens is 1. The topological polar surface area (TPSA) is 50.8 Å². The van der Waals surface area contributed by atoms with Gasteiger partial charge in [0.05, 0.1) is 12.1 Å². The highest BCUT2D eigenvalue weighted by Gasteiger charge is 2.23. The van der Waals surface area contributed by atoms with Gasteiger partial charge in [-0.05, 0) is 52.3 Å². The van der Waals surface area contributed by atoms with E-state index in [2.05, 4.69) is 5.32 Å². The second-order valence-electron chi connectivity index (χ2n) is 6.91. The number of nitrogens with one attached hydrogen (secondary N) is 1. The monoisotopic (exact) mass is 356 g/mol. The molecule has 0 atom stereocenters. The van der Waals surface area contributed by atoms with Gasteiger partial charge < -0.3 is 19.7 Å². The molecule has 0 aromatic heterocycles. The summed E-state index contributed by atoms with van der Waals surface area (Å²) in [5.41, 5.74) is 0.575. The van der Waals surface area contributed by atoms with E-state index in [1.807, 2.05) is 52.8 Å². The summed E-state index contributed by atoms with van der Waals surface area (Å²) in [7, 11) is 1.59. The molecule has 0 aliphatic rings. The molecule has 24 heavy (non-hydrogen) atoms. The summed E-state index contributed by atoms with van der Waals surface area (Å²) < 4.78 is 10.6. The van der Waals surface area contributed by atoms with Crippen molar-refractivity contribution in [3.63, 3.8) is 0 Å². The molecule has 6 heteroatoms. The Balaban J connectivity index is 2.48. The largest absolute Gasteiger partial charge is 0.495 e. The molecule has 1 aromatic rings. The molecule has 0 fully saturated rings. The van der Waals surface area contributed by atoms with Crippen LogP contribution in [0.4, 0.5) is 4.79 Å². The molecule has 0 spiro atoms. The van der Waals surface area contributed by atoms with Crippen molar-refractivity contribution in [2.24, 2.45) is 0 Å². The minimum atomic E-state index is -0.489. The van der Waals surface area contributed by atoms with E-state index < -0.39 is 5.60 Å². The third-order valence-electron chi connectivity index (χ3n) is 3.33. The molecule has 0 heterocycles. The van der Waals surface area contributed by atoms with Gasteiger partial charge in [0, 0.05) is 25.7 Å². The third-order valence-corrected chi connectivity index (χ3v) is 3.62. The molecule has 5 nitrogen and oxygen atoms in total. The number of nitrogens with zero attached hydrogens (tertiary/aromatic N) is 1. The Bertz CT molecular complexity index is 542. The molecule has 0 radical (unpaired) electrons. The maximum atomic E-state index is 12.2. The van der Waals surface area contributed by atoms with E-state index in [1.165, 1.54) is 0 Å². The molecule has 0 saturated carbocycles. The molecule has 136 valence electrons. The maximum absolute atomic E-state index is 12.2. The number of carbonyl (C=O) groups is 1. The van der Waals surface area contributed by atoms with Crippen LogP contribution in [0.3, 0.4) is 0 Å². The molecule has 1 aromatic carbocycles. The van der Waals surface area contributed by atoms with E-state index in [-0.39, 0.29) is 12.1 Å². The minimum Gasteiger partial charge on any atom is -0.495 e. The van der Waals surface area contributed by atoms with E-state index >= 15 is 0 Å². The van der Waals surface area contributed by atoms with Crippen LogP contribution in [0.15, 0.2) is 18.2 Å². The Kier molecular flexibility index (Phi) is 7.84. The number of amides is 1. The van der Waals surface area contributed by atoms with Gasteiger partial charge in [0.1, 0.15) is 11.4 Å². The van der Waals surface area contributed by atoms with Crippen LogP contribution in [0.5, 0.6) is 5.75 Å². The predicted molar refractivity (Wildman–Crippen MR) is 97.8 cm³/mol. The Labute approximate surface area is 150 Å². The predicted octanol–water partition coefficient (Wildman–Crippen LogP) is 4.08. The Hall–Kier alpha value is -1.46. The van der Waals surface area contributed by atoms with E-state index in [0.717, 1.165) is 5.56 Å². The Morgan fingerprint density at radius 3 is 2.50 bits per heavy atom. The number of ether oxygens (including phenoxy) is 2. The summed E-state index contributed by atoms with van der Waals surface area (Å²) in [5.74, 6) is 0.663. The fourth-order valence-electron chi connectivity index (χ4n) is 2.13. The summed E-state index contributed by atoms with van der Waals surface area (Å²) in [4.78, 5) is 13.9. The second kappa shape index (κ2) is 9.14. The molecule has 1 N–H and O–H groups in total. The van der Waals surface area contributed by atoms with Crippen LogP contribution in [-0.2, 0) is 11.3 Å². The van der Waals surface area contributed by atoms with Gasteiger partial charge in [0.2, 0.25) is 0 Å². The van der Waals surface area contributed by atoms with Crippen molar-refractivity contribution in [3.8, 4) is 5.75 Å². The molecular weight excluding hydrogens is 328 g/mol.